The van der Waals surface area contributed by atoms with Crippen molar-refractivity contribution in [3.05, 3.63) is 24.2 Å². The standard InChI is InChI=1S/C15H21NO4/c1-11(9-12(17)13-5-4-8-20-13)16-14(18)10-15(19)6-2-3-7-15/h4-5,8,11,19H,2-3,6-7,9-10H2,1H3,(H,16,18). The van der Waals surface area contributed by atoms with E-state index in [1.54, 1.807) is 19.1 Å². The van der Waals surface area contributed by atoms with Crippen molar-refractivity contribution in [1.29, 1.82) is 0 Å². The summed E-state index contributed by atoms with van der Waals surface area (Å²) in [7, 11) is 0. The summed E-state index contributed by atoms with van der Waals surface area (Å²) < 4.78 is 5.02. The number of rotatable bonds is 6. The molecular weight excluding hydrogens is 258 g/mol. The fourth-order valence-corrected chi connectivity index (χ4v) is 2.70. The number of amides is 1. The van der Waals surface area contributed by atoms with E-state index in [0.29, 0.717) is 18.6 Å². The van der Waals surface area contributed by atoms with E-state index in [4.69, 9.17) is 4.42 Å². The third kappa shape index (κ3) is 3.93. The monoisotopic (exact) mass is 279 g/mol. The van der Waals surface area contributed by atoms with E-state index in [0.717, 1.165) is 12.8 Å². The number of hydrogen-bond donors (Lipinski definition) is 2. The summed E-state index contributed by atoms with van der Waals surface area (Å²) in [4.78, 5) is 23.7. The number of aliphatic hydroxyl groups is 1. The number of carbonyl (C=O) groups is 2. The molecular formula is C15H21NO4. The highest BCUT2D eigenvalue weighted by Gasteiger charge is 2.33. The summed E-state index contributed by atoms with van der Waals surface area (Å²) in [5, 5.41) is 12.9. The second-order valence-corrected chi connectivity index (χ2v) is 5.68. The Morgan fingerprint density at radius 2 is 2.15 bits per heavy atom. The molecule has 1 unspecified atom stereocenters. The topological polar surface area (TPSA) is 79.5 Å². The van der Waals surface area contributed by atoms with Crippen LogP contribution < -0.4 is 5.32 Å². The van der Waals surface area contributed by atoms with Crippen LogP contribution in [-0.2, 0) is 4.79 Å². The maximum Gasteiger partial charge on any atom is 0.223 e. The van der Waals surface area contributed by atoms with Crippen LogP contribution in [0, 0.1) is 0 Å². The first-order valence-electron chi connectivity index (χ1n) is 7.07. The SMILES string of the molecule is CC(CC(=O)c1ccco1)NC(=O)CC1(O)CCCC1. The van der Waals surface area contributed by atoms with Crippen LogP contribution in [0.4, 0.5) is 0 Å². The van der Waals surface area contributed by atoms with Gasteiger partial charge in [0.25, 0.3) is 0 Å². The minimum Gasteiger partial charge on any atom is -0.461 e. The lowest BCUT2D eigenvalue weighted by atomic mass is 9.97. The van der Waals surface area contributed by atoms with Crippen molar-refractivity contribution in [2.45, 2.75) is 57.1 Å². The summed E-state index contributed by atoms with van der Waals surface area (Å²) in [6, 6.07) is 3.00. The van der Waals surface area contributed by atoms with Crippen LogP contribution in [0.2, 0.25) is 0 Å². The molecule has 110 valence electrons. The Labute approximate surface area is 118 Å². The minimum absolute atomic E-state index is 0.117. The first kappa shape index (κ1) is 14.8. The molecule has 0 aliphatic heterocycles. The van der Waals surface area contributed by atoms with E-state index >= 15 is 0 Å². The average Bonchev–Trinajstić information content (AvgIpc) is 2.99. The summed E-state index contributed by atoms with van der Waals surface area (Å²) in [6.07, 6.45) is 5.06. The van der Waals surface area contributed by atoms with Gasteiger partial charge in [-0.15, -0.1) is 0 Å². The fourth-order valence-electron chi connectivity index (χ4n) is 2.70. The van der Waals surface area contributed by atoms with E-state index in [1.165, 1.54) is 6.26 Å². The summed E-state index contributed by atoms with van der Waals surface area (Å²) >= 11 is 0. The second kappa shape index (κ2) is 6.22. The summed E-state index contributed by atoms with van der Waals surface area (Å²) in [5.41, 5.74) is -0.852. The number of furan rings is 1. The Kier molecular flexibility index (Phi) is 4.60. The van der Waals surface area contributed by atoms with Crippen molar-refractivity contribution < 1.29 is 19.1 Å². The molecule has 1 aromatic heterocycles. The molecule has 0 spiro atoms. The van der Waals surface area contributed by atoms with E-state index in [2.05, 4.69) is 5.32 Å². The molecule has 2 N–H and O–H groups in total. The van der Waals surface area contributed by atoms with Crippen molar-refractivity contribution >= 4 is 11.7 Å². The maximum atomic E-state index is 11.9. The van der Waals surface area contributed by atoms with Gasteiger partial charge in [-0.25, -0.2) is 0 Å². The van der Waals surface area contributed by atoms with Crippen LogP contribution in [0.1, 0.15) is 56.0 Å². The lowest BCUT2D eigenvalue weighted by molar-refractivity contribution is -0.126. The molecule has 1 amide bonds. The van der Waals surface area contributed by atoms with Gasteiger partial charge < -0.3 is 14.8 Å². The van der Waals surface area contributed by atoms with Gasteiger partial charge >= 0.3 is 0 Å². The Morgan fingerprint density at radius 1 is 1.45 bits per heavy atom. The highest BCUT2D eigenvalue weighted by Crippen LogP contribution is 2.32. The molecule has 1 atom stereocenters. The number of ketones is 1. The molecule has 5 heteroatoms. The smallest absolute Gasteiger partial charge is 0.223 e. The minimum atomic E-state index is -0.852. The zero-order chi connectivity index (χ0) is 14.6. The van der Waals surface area contributed by atoms with Crippen LogP contribution in [0.5, 0.6) is 0 Å². The highest BCUT2D eigenvalue weighted by atomic mass is 16.3. The molecule has 1 aliphatic rings. The Hall–Kier alpha value is -1.62. The van der Waals surface area contributed by atoms with E-state index in [1.807, 2.05) is 0 Å². The van der Waals surface area contributed by atoms with Crippen molar-refractivity contribution in [3.8, 4) is 0 Å². The van der Waals surface area contributed by atoms with Crippen molar-refractivity contribution in [3.63, 3.8) is 0 Å². The largest absolute Gasteiger partial charge is 0.461 e. The van der Waals surface area contributed by atoms with Gasteiger partial charge in [-0.3, -0.25) is 9.59 Å². The molecule has 0 saturated heterocycles. The molecule has 0 bridgehead atoms. The van der Waals surface area contributed by atoms with Gasteiger partial charge in [0.15, 0.2) is 11.5 Å². The lowest BCUT2D eigenvalue weighted by Crippen LogP contribution is -2.39. The molecule has 5 nitrogen and oxygen atoms in total. The first-order valence-corrected chi connectivity index (χ1v) is 7.07. The number of nitrogens with one attached hydrogen (secondary N) is 1. The molecule has 0 radical (unpaired) electrons. The normalized spacial score (nSPS) is 18.7. The average molecular weight is 279 g/mol. The lowest BCUT2D eigenvalue weighted by Gasteiger charge is -2.22. The molecule has 2 rings (SSSR count). The second-order valence-electron chi connectivity index (χ2n) is 5.68. The molecule has 1 aromatic rings. The van der Waals surface area contributed by atoms with Gasteiger partial charge in [-0.1, -0.05) is 12.8 Å². The zero-order valence-corrected chi connectivity index (χ0v) is 11.7. The number of carbonyl (C=O) groups excluding carboxylic acids is 2. The van der Waals surface area contributed by atoms with Gasteiger partial charge in [0.1, 0.15) is 0 Å². The van der Waals surface area contributed by atoms with Gasteiger partial charge in [-0.2, -0.15) is 0 Å². The number of hydrogen-bond acceptors (Lipinski definition) is 4. The van der Waals surface area contributed by atoms with E-state index in [9.17, 15) is 14.7 Å². The fraction of sp³-hybridized carbons (Fsp3) is 0.600. The van der Waals surface area contributed by atoms with Crippen molar-refractivity contribution in [2.24, 2.45) is 0 Å². The maximum absolute atomic E-state index is 11.9. The van der Waals surface area contributed by atoms with Crippen LogP contribution in [0.25, 0.3) is 0 Å². The first-order chi connectivity index (χ1) is 9.48. The van der Waals surface area contributed by atoms with E-state index < -0.39 is 5.60 Å². The molecule has 1 saturated carbocycles. The Bertz CT molecular complexity index is 460. The molecule has 1 heterocycles. The molecule has 0 aromatic carbocycles. The molecule has 1 fully saturated rings. The highest BCUT2D eigenvalue weighted by molar-refractivity contribution is 5.94. The number of Topliss-reactive ketones (excluding diaryl/α,β-unsaturated/α-hetero) is 1. The molecule has 1 aliphatic carbocycles. The molecule has 20 heavy (non-hydrogen) atoms. The van der Waals surface area contributed by atoms with Crippen molar-refractivity contribution in [1.82, 2.24) is 5.32 Å². The summed E-state index contributed by atoms with van der Waals surface area (Å²) in [6.45, 7) is 1.78. The third-order valence-electron chi connectivity index (χ3n) is 3.72. The predicted octanol–water partition coefficient (Wildman–Crippen LogP) is 2.05. The van der Waals surface area contributed by atoms with Gasteiger partial charge in [-0.05, 0) is 31.9 Å². The summed E-state index contributed by atoms with van der Waals surface area (Å²) in [5.74, 6) is -0.0305. The van der Waals surface area contributed by atoms with Crippen LogP contribution in [-0.4, -0.2) is 28.4 Å². The quantitative estimate of drug-likeness (QED) is 0.781. The van der Waals surface area contributed by atoms with Gasteiger partial charge in [0.2, 0.25) is 5.91 Å². The van der Waals surface area contributed by atoms with Crippen LogP contribution in [0.15, 0.2) is 22.8 Å². The Morgan fingerprint density at radius 3 is 2.75 bits per heavy atom. The predicted molar refractivity (Wildman–Crippen MR) is 73.3 cm³/mol. The Balaban J connectivity index is 1.77. The van der Waals surface area contributed by atoms with Crippen LogP contribution in [0.3, 0.4) is 0 Å². The van der Waals surface area contributed by atoms with Gasteiger partial charge in [0.05, 0.1) is 18.3 Å². The van der Waals surface area contributed by atoms with Gasteiger partial charge in [0, 0.05) is 12.5 Å². The van der Waals surface area contributed by atoms with E-state index in [-0.39, 0.29) is 30.6 Å². The van der Waals surface area contributed by atoms with Crippen LogP contribution >= 0.6 is 0 Å². The van der Waals surface area contributed by atoms with Crippen molar-refractivity contribution in [2.75, 3.05) is 0 Å². The third-order valence-corrected chi connectivity index (χ3v) is 3.72. The zero-order valence-electron chi connectivity index (χ0n) is 11.7.